The molecule has 0 bridgehead atoms. The molecule has 5 aromatic rings. The lowest BCUT2D eigenvalue weighted by atomic mass is 10.1. The second kappa shape index (κ2) is 9.32. The third-order valence-electron chi connectivity index (χ3n) is 7.01. The minimum absolute atomic E-state index is 0.351. The molecular weight excluding hydrogens is 466 g/mol. The zero-order valence-electron chi connectivity index (χ0n) is 20.5. The van der Waals surface area contributed by atoms with Gasteiger partial charge in [-0.25, -0.2) is 9.97 Å². The van der Waals surface area contributed by atoms with Crippen molar-refractivity contribution in [3.8, 4) is 16.8 Å². The van der Waals surface area contributed by atoms with E-state index in [1.165, 1.54) is 11.3 Å². The number of rotatable bonds is 4. The molecule has 6 heteroatoms. The molecule has 6 rings (SSSR count). The van der Waals surface area contributed by atoms with Crippen molar-refractivity contribution < 1.29 is 0 Å². The van der Waals surface area contributed by atoms with Crippen molar-refractivity contribution in [2.45, 2.75) is 19.9 Å². The first-order valence-electron chi connectivity index (χ1n) is 12.3. The molecule has 0 N–H and O–H groups in total. The van der Waals surface area contributed by atoms with E-state index in [1.807, 2.05) is 30.3 Å². The van der Waals surface area contributed by atoms with Crippen molar-refractivity contribution in [2.75, 3.05) is 29.4 Å². The van der Waals surface area contributed by atoms with E-state index in [9.17, 15) is 0 Å². The number of benzene rings is 3. The fourth-order valence-electron chi connectivity index (χ4n) is 5.26. The van der Waals surface area contributed by atoms with Gasteiger partial charge in [-0.2, -0.15) is 0 Å². The lowest BCUT2D eigenvalue weighted by Crippen LogP contribution is -2.52. The molecule has 0 radical (unpaired) electrons. The van der Waals surface area contributed by atoms with Crippen LogP contribution in [-0.4, -0.2) is 40.2 Å². The first kappa shape index (κ1) is 22.6. The van der Waals surface area contributed by atoms with Crippen molar-refractivity contribution in [3.63, 3.8) is 0 Å². The summed E-state index contributed by atoms with van der Waals surface area (Å²) < 4.78 is 2.14. The molecular formula is C30H28ClN5. The summed E-state index contributed by atoms with van der Waals surface area (Å²) in [4.78, 5) is 14.5. The van der Waals surface area contributed by atoms with Crippen LogP contribution in [0.4, 0.5) is 11.5 Å². The summed E-state index contributed by atoms with van der Waals surface area (Å²) in [6.45, 7) is 7.17. The Kier molecular flexibility index (Phi) is 5.86. The van der Waals surface area contributed by atoms with E-state index in [-0.39, 0.29) is 0 Å². The molecule has 0 aliphatic carbocycles. The van der Waals surface area contributed by atoms with Gasteiger partial charge < -0.3 is 14.4 Å². The fraction of sp³-hybridized carbons (Fsp3) is 0.200. The third-order valence-corrected chi connectivity index (χ3v) is 7.26. The number of anilines is 2. The summed E-state index contributed by atoms with van der Waals surface area (Å²) in [6.07, 6.45) is 3.87. The molecule has 1 atom stereocenters. The molecule has 1 aliphatic rings. The van der Waals surface area contributed by atoms with Gasteiger partial charge >= 0.3 is 0 Å². The standard InChI is InChI=1S/C30H28ClN5/c1-21-7-6-10-26(17-21)35-16-15-34(18-22(35)2)29-28-27(23-8-4-3-5-9-23)19-36(30(28)33-20-32-29)25-13-11-24(31)12-14-25/h3-14,17,19-20,22H,15-16,18H2,1-2H3/t22-/m0/s1. The van der Waals surface area contributed by atoms with Crippen LogP contribution in [0.5, 0.6) is 0 Å². The monoisotopic (exact) mass is 493 g/mol. The molecule has 1 fully saturated rings. The van der Waals surface area contributed by atoms with Crippen LogP contribution < -0.4 is 9.80 Å². The molecule has 0 unspecified atom stereocenters. The van der Waals surface area contributed by atoms with Crippen LogP contribution in [0.25, 0.3) is 27.8 Å². The Morgan fingerprint density at radius 2 is 1.67 bits per heavy atom. The first-order valence-corrected chi connectivity index (χ1v) is 12.7. The number of aryl methyl sites for hydroxylation is 1. The summed E-state index contributed by atoms with van der Waals surface area (Å²) in [5.74, 6) is 0.988. The van der Waals surface area contributed by atoms with Crippen LogP contribution >= 0.6 is 11.6 Å². The van der Waals surface area contributed by atoms with Crippen LogP contribution in [-0.2, 0) is 0 Å². The largest absolute Gasteiger partial charge is 0.365 e. The maximum absolute atomic E-state index is 6.18. The Bertz CT molecular complexity index is 1510. The van der Waals surface area contributed by atoms with Gasteiger partial charge in [-0.15, -0.1) is 0 Å². The molecule has 0 spiro atoms. The number of halogens is 1. The molecule has 1 saturated heterocycles. The summed E-state index contributed by atoms with van der Waals surface area (Å²) in [5.41, 5.74) is 6.77. The van der Waals surface area contributed by atoms with Gasteiger partial charge in [0.1, 0.15) is 12.1 Å². The molecule has 5 nitrogen and oxygen atoms in total. The first-order chi connectivity index (χ1) is 17.6. The predicted molar refractivity (Wildman–Crippen MR) is 150 cm³/mol. The van der Waals surface area contributed by atoms with Gasteiger partial charge in [-0.1, -0.05) is 54.1 Å². The van der Waals surface area contributed by atoms with Gasteiger partial charge in [0.05, 0.1) is 5.39 Å². The van der Waals surface area contributed by atoms with Crippen LogP contribution in [0.15, 0.2) is 91.4 Å². The smallest absolute Gasteiger partial charge is 0.150 e. The normalized spacial score (nSPS) is 16.0. The molecule has 2 aromatic heterocycles. The van der Waals surface area contributed by atoms with Crippen molar-refractivity contribution >= 4 is 34.1 Å². The van der Waals surface area contributed by atoms with Crippen LogP contribution in [0.2, 0.25) is 5.02 Å². The summed E-state index contributed by atoms with van der Waals surface area (Å²) in [7, 11) is 0. The molecule has 0 saturated carbocycles. The summed E-state index contributed by atoms with van der Waals surface area (Å²) in [6, 6.07) is 27.5. The number of nitrogens with zero attached hydrogens (tertiary/aromatic N) is 5. The van der Waals surface area contributed by atoms with Gasteiger partial charge in [0.25, 0.3) is 0 Å². The van der Waals surface area contributed by atoms with Gasteiger partial charge in [0.15, 0.2) is 5.65 Å². The lowest BCUT2D eigenvalue weighted by Gasteiger charge is -2.42. The van der Waals surface area contributed by atoms with Gasteiger partial charge in [0.2, 0.25) is 0 Å². The zero-order valence-corrected chi connectivity index (χ0v) is 21.2. The Hall–Kier alpha value is -3.83. The molecule has 0 amide bonds. The average molecular weight is 494 g/mol. The summed E-state index contributed by atoms with van der Waals surface area (Å²) >= 11 is 6.18. The Morgan fingerprint density at radius 3 is 2.42 bits per heavy atom. The average Bonchev–Trinajstić information content (AvgIpc) is 3.29. The van der Waals surface area contributed by atoms with Crippen LogP contribution in [0, 0.1) is 6.92 Å². The second-order valence-electron chi connectivity index (χ2n) is 9.48. The number of hydrogen-bond acceptors (Lipinski definition) is 4. The Morgan fingerprint density at radius 1 is 0.861 bits per heavy atom. The van der Waals surface area contributed by atoms with E-state index in [4.69, 9.17) is 21.6 Å². The third kappa shape index (κ3) is 4.10. The molecule has 3 heterocycles. The van der Waals surface area contributed by atoms with Crippen molar-refractivity contribution in [2.24, 2.45) is 0 Å². The molecule has 3 aromatic carbocycles. The maximum Gasteiger partial charge on any atom is 0.150 e. The number of hydrogen-bond donors (Lipinski definition) is 0. The highest BCUT2D eigenvalue weighted by Crippen LogP contribution is 2.37. The minimum atomic E-state index is 0.351. The number of aromatic nitrogens is 3. The highest BCUT2D eigenvalue weighted by atomic mass is 35.5. The maximum atomic E-state index is 6.18. The van der Waals surface area contributed by atoms with Crippen LogP contribution in [0.3, 0.4) is 0 Å². The zero-order chi connectivity index (χ0) is 24.6. The van der Waals surface area contributed by atoms with E-state index in [0.29, 0.717) is 11.1 Å². The van der Waals surface area contributed by atoms with Gasteiger partial charge in [0, 0.05) is 53.8 Å². The topological polar surface area (TPSA) is 37.2 Å². The SMILES string of the molecule is Cc1cccc(N2CCN(c3ncnc4c3c(-c3ccccc3)cn4-c3ccc(Cl)cc3)C[C@@H]2C)c1. The number of piperazine rings is 1. The van der Waals surface area contributed by atoms with Crippen molar-refractivity contribution in [1.29, 1.82) is 0 Å². The van der Waals surface area contributed by atoms with Crippen molar-refractivity contribution in [1.82, 2.24) is 14.5 Å². The second-order valence-corrected chi connectivity index (χ2v) is 9.91. The highest BCUT2D eigenvalue weighted by molar-refractivity contribution is 6.30. The minimum Gasteiger partial charge on any atom is -0.365 e. The Balaban J connectivity index is 1.44. The predicted octanol–water partition coefficient (Wildman–Crippen LogP) is 6.76. The highest BCUT2D eigenvalue weighted by Gasteiger charge is 2.28. The van der Waals surface area contributed by atoms with E-state index in [2.05, 4.69) is 82.9 Å². The lowest BCUT2D eigenvalue weighted by molar-refractivity contribution is 0.548. The van der Waals surface area contributed by atoms with E-state index in [1.54, 1.807) is 6.33 Å². The van der Waals surface area contributed by atoms with Crippen molar-refractivity contribution in [3.05, 3.63) is 102 Å². The Labute approximate surface area is 216 Å². The van der Waals surface area contributed by atoms with Crippen LogP contribution in [0.1, 0.15) is 12.5 Å². The van der Waals surface area contributed by atoms with E-state index in [0.717, 1.165) is 53.3 Å². The quantitative estimate of drug-likeness (QED) is 0.277. The molecule has 180 valence electrons. The van der Waals surface area contributed by atoms with Gasteiger partial charge in [-0.3, -0.25) is 0 Å². The van der Waals surface area contributed by atoms with E-state index < -0.39 is 0 Å². The van der Waals surface area contributed by atoms with Gasteiger partial charge in [-0.05, 0) is 61.4 Å². The summed E-state index contributed by atoms with van der Waals surface area (Å²) in [5, 5.41) is 1.80. The molecule has 36 heavy (non-hydrogen) atoms. The molecule has 1 aliphatic heterocycles. The fourth-order valence-corrected chi connectivity index (χ4v) is 5.39. The number of fused-ring (bicyclic) bond motifs is 1. The van der Waals surface area contributed by atoms with E-state index >= 15 is 0 Å².